The molecule has 236 valence electrons. The van der Waals surface area contributed by atoms with E-state index in [0.29, 0.717) is 78.7 Å². The number of hydrogen-bond donors (Lipinski definition) is 2. The number of Topliss-reactive ketones (excluding diaryl/α,β-unsaturated/α-hetero) is 1. The van der Waals surface area contributed by atoms with Gasteiger partial charge < -0.3 is 53.5 Å². The molecule has 6 aliphatic heterocycles. The highest BCUT2D eigenvalue weighted by Gasteiger charge is 2.94. The third-order valence-electron chi connectivity index (χ3n) is 10.6. The van der Waals surface area contributed by atoms with Gasteiger partial charge in [0.2, 0.25) is 11.9 Å². The molecule has 2 aromatic rings. The van der Waals surface area contributed by atoms with E-state index in [4.69, 9.17) is 48.4 Å². The van der Waals surface area contributed by atoms with Crippen LogP contribution in [0.4, 0.5) is 0 Å². The molecular formula is C32H37NO11. The third kappa shape index (κ3) is 3.27. The maximum Gasteiger partial charge on any atom is 0.279 e. The van der Waals surface area contributed by atoms with Crippen LogP contribution in [0, 0.1) is 6.92 Å². The van der Waals surface area contributed by atoms with Crippen molar-refractivity contribution in [2.45, 2.75) is 106 Å². The maximum atomic E-state index is 13.2. The standard InChI is InChI=1S/C32H37NO11/c1-14-12-17-23(24(35)22-16(25(17)36-3)6-4-7-19(22)34)26-21(14)27-28-31(42-26,41-20-9-8-18(33)15(2)40-20)30(13-39-30)32(43-27,44-28)29-37-10-5-11-38-29/h12,15,18,20,27-29,35H,4-11,13,33H2,1-3H3/t15-,18+,20-,27?,28?,30-,31+,32+/m0/s1. The van der Waals surface area contributed by atoms with Gasteiger partial charge in [0.25, 0.3) is 11.6 Å². The predicted molar refractivity (Wildman–Crippen MR) is 151 cm³/mol. The minimum atomic E-state index is -1.56. The van der Waals surface area contributed by atoms with E-state index in [-0.39, 0.29) is 35.8 Å². The lowest BCUT2D eigenvalue weighted by Crippen LogP contribution is -2.71. The number of aryl methyl sites for hydroxylation is 1. The van der Waals surface area contributed by atoms with Crippen molar-refractivity contribution < 1.29 is 52.5 Å². The monoisotopic (exact) mass is 611 g/mol. The fourth-order valence-corrected chi connectivity index (χ4v) is 8.44. The molecule has 3 N–H and O–H groups in total. The number of nitrogens with two attached hydrogens (primary N) is 1. The van der Waals surface area contributed by atoms with Gasteiger partial charge in [-0.15, -0.1) is 0 Å². The number of carbonyl (C=O) groups excluding carboxylic acids is 1. The molecular weight excluding hydrogens is 574 g/mol. The van der Waals surface area contributed by atoms with Crippen molar-refractivity contribution in [2.24, 2.45) is 5.73 Å². The van der Waals surface area contributed by atoms with E-state index in [1.165, 1.54) is 0 Å². The second kappa shape index (κ2) is 9.26. The lowest BCUT2D eigenvalue weighted by atomic mass is 9.78. The van der Waals surface area contributed by atoms with E-state index >= 15 is 0 Å². The number of phenols is 1. The van der Waals surface area contributed by atoms with Crippen LogP contribution in [-0.4, -0.2) is 85.8 Å². The Kier molecular flexibility index (Phi) is 5.84. The van der Waals surface area contributed by atoms with E-state index in [9.17, 15) is 9.90 Å². The second-order valence-corrected chi connectivity index (χ2v) is 13.1. The van der Waals surface area contributed by atoms with Crippen molar-refractivity contribution in [1.29, 1.82) is 0 Å². The van der Waals surface area contributed by atoms with Crippen LogP contribution in [0.1, 0.15) is 72.2 Å². The quantitative estimate of drug-likeness (QED) is 0.489. The number of phenolic OH excluding ortho intramolecular Hbond substituents is 1. The first-order valence-electron chi connectivity index (χ1n) is 15.7. The summed E-state index contributed by atoms with van der Waals surface area (Å²) in [7, 11) is 1.58. The van der Waals surface area contributed by atoms with Crippen LogP contribution in [0.5, 0.6) is 17.2 Å². The molecule has 7 aliphatic rings. The Bertz CT molecular complexity index is 1580. The number of fused-ring (bicyclic) bond motifs is 8. The Morgan fingerprint density at radius 1 is 1.11 bits per heavy atom. The maximum absolute atomic E-state index is 13.2. The molecule has 2 unspecified atom stereocenters. The minimum Gasteiger partial charge on any atom is -0.506 e. The average molecular weight is 612 g/mol. The van der Waals surface area contributed by atoms with Crippen LogP contribution in [0.25, 0.3) is 10.8 Å². The zero-order valence-electron chi connectivity index (χ0n) is 25.0. The van der Waals surface area contributed by atoms with E-state index in [1.807, 2.05) is 19.9 Å². The predicted octanol–water partition coefficient (Wildman–Crippen LogP) is 3.04. The van der Waals surface area contributed by atoms with Gasteiger partial charge in [0.15, 0.2) is 18.2 Å². The molecule has 8 atom stereocenters. The van der Waals surface area contributed by atoms with Crippen LogP contribution in [0.3, 0.4) is 0 Å². The molecule has 0 amide bonds. The van der Waals surface area contributed by atoms with Crippen LogP contribution in [0.2, 0.25) is 0 Å². The summed E-state index contributed by atoms with van der Waals surface area (Å²) in [5.41, 5.74) is 7.54. The number of ketones is 1. The van der Waals surface area contributed by atoms with E-state index in [0.717, 1.165) is 12.0 Å². The number of aromatic hydroxyl groups is 1. The number of hydrogen-bond acceptors (Lipinski definition) is 12. The molecule has 0 saturated carbocycles. The van der Waals surface area contributed by atoms with Gasteiger partial charge in [0.1, 0.15) is 23.4 Å². The first-order valence-corrected chi connectivity index (χ1v) is 15.7. The molecule has 12 heteroatoms. The van der Waals surface area contributed by atoms with Crippen LogP contribution >= 0.6 is 0 Å². The van der Waals surface area contributed by atoms with Gasteiger partial charge in [0.05, 0.1) is 44.0 Å². The fourth-order valence-electron chi connectivity index (χ4n) is 8.44. The molecule has 5 saturated heterocycles. The zero-order valence-corrected chi connectivity index (χ0v) is 25.0. The summed E-state index contributed by atoms with van der Waals surface area (Å²) in [6.07, 6.45) is 0.398. The second-order valence-electron chi connectivity index (χ2n) is 13.1. The Hall–Kier alpha value is -2.55. The van der Waals surface area contributed by atoms with Gasteiger partial charge >= 0.3 is 0 Å². The zero-order chi connectivity index (χ0) is 30.2. The molecule has 12 nitrogen and oxygen atoms in total. The summed E-state index contributed by atoms with van der Waals surface area (Å²) in [5.74, 6) is -2.38. The van der Waals surface area contributed by atoms with Gasteiger partial charge in [-0.3, -0.25) is 4.79 Å². The molecule has 9 rings (SSSR count). The Morgan fingerprint density at radius 3 is 2.64 bits per heavy atom. The average Bonchev–Trinajstić information content (AvgIpc) is 3.68. The SMILES string of the molecule is COc1c2c(c(O)c3c4c(c(C)cc13)C1O[C@]3(C5OCCCO5)OC1[C@@](O[C@H]1CC[C@@H](N)[C@H](C)O1)(O4)[C@@]31CO1)C(=O)CCC2. The van der Waals surface area contributed by atoms with E-state index in [1.54, 1.807) is 7.11 Å². The topological polar surface area (TPSA) is 150 Å². The summed E-state index contributed by atoms with van der Waals surface area (Å²) >= 11 is 0. The smallest absolute Gasteiger partial charge is 0.279 e. The Balaban J connectivity index is 1.27. The summed E-state index contributed by atoms with van der Waals surface area (Å²) < 4.78 is 58.3. The number of methoxy groups -OCH3 is 1. The summed E-state index contributed by atoms with van der Waals surface area (Å²) in [4.78, 5) is 13.2. The van der Waals surface area contributed by atoms with Crippen LogP contribution < -0.4 is 15.2 Å². The number of benzene rings is 2. The molecule has 6 heterocycles. The third-order valence-corrected chi connectivity index (χ3v) is 10.6. The highest BCUT2D eigenvalue weighted by molar-refractivity contribution is 6.11. The fraction of sp³-hybridized carbons (Fsp3) is 0.656. The number of ether oxygens (including phenoxy) is 9. The van der Waals surface area contributed by atoms with Crippen LogP contribution in [0.15, 0.2) is 6.07 Å². The largest absolute Gasteiger partial charge is 0.506 e. The molecule has 44 heavy (non-hydrogen) atoms. The van der Waals surface area contributed by atoms with Crippen molar-refractivity contribution in [1.82, 2.24) is 0 Å². The first kappa shape index (κ1) is 27.7. The number of epoxide rings is 1. The molecule has 0 aromatic heterocycles. The van der Waals surface area contributed by atoms with Crippen molar-refractivity contribution in [3.05, 3.63) is 28.3 Å². The van der Waals surface area contributed by atoms with E-state index in [2.05, 4.69) is 0 Å². The van der Waals surface area contributed by atoms with Crippen molar-refractivity contribution in [3.63, 3.8) is 0 Å². The summed E-state index contributed by atoms with van der Waals surface area (Å²) in [5, 5.41) is 12.9. The van der Waals surface area contributed by atoms with Gasteiger partial charge in [-0.1, -0.05) is 0 Å². The van der Waals surface area contributed by atoms with Crippen molar-refractivity contribution in [2.75, 3.05) is 26.9 Å². The Labute approximate surface area is 253 Å². The molecule has 1 aliphatic carbocycles. The number of carbonyl (C=O) groups is 1. The highest BCUT2D eigenvalue weighted by atomic mass is 16.9. The molecule has 5 fully saturated rings. The van der Waals surface area contributed by atoms with Gasteiger partial charge in [-0.05, 0) is 51.2 Å². The van der Waals surface area contributed by atoms with Crippen molar-refractivity contribution in [3.8, 4) is 17.2 Å². The summed E-state index contributed by atoms with van der Waals surface area (Å²) in [6.45, 7) is 5.04. The van der Waals surface area contributed by atoms with Crippen LogP contribution in [-0.2, 0) is 39.6 Å². The highest BCUT2D eigenvalue weighted by Crippen LogP contribution is 2.72. The van der Waals surface area contributed by atoms with Crippen molar-refractivity contribution >= 4 is 16.6 Å². The van der Waals surface area contributed by atoms with Gasteiger partial charge in [0, 0.05) is 35.4 Å². The molecule has 1 spiro atoms. The molecule has 2 aromatic carbocycles. The first-order chi connectivity index (χ1) is 21.2. The lowest BCUT2D eigenvalue weighted by molar-refractivity contribution is -0.384. The van der Waals surface area contributed by atoms with Gasteiger partial charge in [-0.2, -0.15) is 0 Å². The number of rotatable bonds is 4. The minimum absolute atomic E-state index is 0.117. The Morgan fingerprint density at radius 2 is 1.91 bits per heavy atom. The van der Waals surface area contributed by atoms with Gasteiger partial charge in [-0.25, -0.2) is 0 Å². The molecule has 2 bridgehead atoms. The summed E-state index contributed by atoms with van der Waals surface area (Å²) in [6, 6.07) is 1.84. The normalized spacial score (nSPS) is 40.6. The lowest BCUT2D eigenvalue weighted by Gasteiger charge is -2.51. The molecule has 0 radical (unpaired) electrons. The van der Waals surface area contributed by atoms with E-state index < -0.39 is 42.0 Å².